The molecule has 0 heterocycles. The van der Waals surface area contributed by atoms with Gasteiger partial charge in [-0.25, -0.2) is 0 Å². The second kappa shape index (κ2) is 8.95. The Morgan fingerprint density at radius 2 is 1.39 bits per heavy atom. The molecule has 3 rings (SSSR count). The molecule has 0 saturated heterocycles. The second-order valence-corrected chi connectivity index (χ2v) is 5.91. The molecule has 0 aromatic heterocycles. The fraction of sp³-hybridized carbons (Fsp3) is 0.174. The molecule has 1 aliphatic rings. The largest absolute Gasteiger partial charge is 0.0799 e. The van der Waals surface area contributed by atoms with E-state index in [1.807, 2.05) is 6.07 Å². The maximum atomic E-state index is 2.29. The lowest BCUT2D eigenvalue weighted by atomic mass is 9.96. The van der Waals surface area contributed by atoms with Crippen molar-refractivity contribution in [2.45, 2.75) is 20.8 Å². The van der Waals surface area contributed by atoms with E-state index in [1.165, 1.54) is 22.3 Å². The van der Waals surface area contributed by atoms with Gasteiger partial charge in [0.05, 0.1) is 0 Å². The summed E-state index contributed by atoms with van der Waals surface area (Å²) in [6, 6.07) is 19.0. The summed E-state index contributed by atoms with van der Waals surface area (Å²) in [7, 11) is 0. The maximum Gasteiger partial charge on any atom is 0.00245 e. The number of benzene rings is 2. The van der Waals surface area contributed by atoms with Gasteiger partial charge in [-0.3, -0.25) is 0 Å². The summed E-state index contributed by atoms with van der Waals surface area (Å²) >= 11 is 0. The van der Waals surface area contributed by atoms with Crippen LogP contribution in [0.25, 0.3) is 5.57 Å². The molecule has 1 aliphatic carbocycles. The van der Waals surface area contributed by atoms with Crippen LogP contribution < -0.4 is 0 Å². The van der Waals surface area contributed by atoms with Crippen molar-refractivity contribution in [3.8, 4) is 0 Å². The van der Waals surface area contributed by atoms with Crippen LogP contribution in [-0.2, 0) is 0 Å². The Balaban J connectivity index is 0.000000203. The quantitative estimate of drug-likeness (QED) is 0.607. The van der Waals surface area contributed by atoms with Crippen LogP contribution in [0.1, 0.15) is 23.6 Å². The summed E-state index contributed by atoms with van der Waals surface area (Å²) in [5.41, 5.74) is 5.29. The van der Waals surface area contributed by atoms with Gasteiger partial charge in [0, 0.05) is 5.92 Å². The third-order valence-electron chi connectivity index (χ3n) is 3.78. The maximum absolute atomic E-state index is 2.29. The summed E-state index contributed by atoms with van der Waals surface area (Å²) in [5.74, 6) is 0.440. The van der Waals surface area contributed by atoms with Crippen molar-refractivity contribution < 1.29 is 0 Å². The topological polar surface area (TPSA) is 0 Å². The third kappa shape index (κ3) is 6.12. The first-order valence-corrected chi connectivity index (χ1v) is 8.10. The molecule has 2 aromatic carbocycles. The van der Waals surface area contributed by atoms with E-state index in [0.29, 0.717) is 5.92 Å². The molecular weight excluding hydrogens is 276 g/mol. The van der Waals surface area contributed by atoms with Gasteiger partial charge in [0.25, 0.3) is 0 Å². The van der Waals surface area contributed by atoms with Crippen LogP contribution in [0.4, 0.5) is 0 Å². The van der Waals surface area contributed by atoms with Crippen molar-refractivity contribution in [3.63, 3.8) is 0 Å². The zero-order valence-corrected chi connectivity index (χ0v) is 14.2. The Bertz CT molecular complexity index is 649. The summed E-state index contributed by atoms with van der Waals surface area (Å²) in [6.07, 6.45) is 12.9. The van der Waals surface area contributed by atoms with Gasteiger partial charge in [-0.15, -0.1) is 0 Å². The van der Waals surface area contributed by atoms with Gasteiger partial charge in [0.15, 0.2) is 0 Å². The molecule has 0 amide bonds. The van der Waals surface area contributed by atoms with Crippen LogP contribution in [0.3, 0.4) is 0 Å². The Hall–Kier alpha value is -2.34. The van der Waals surface area contributed by atoms with E-state index in [9.17, 15) is 0 Å². The fourth-order valence-electron chi connectivity index (χ4n) is 2.35. The van der Waals surface area contributed by atoms with E-state index in [1.54, 1.807) is 0 Å². The van der Waals surface area contributed by atoms with Crippen LogP contribution >= 0.6 is 0 Å². The van der Waals surface area contributed by atoms with E-state index in [4.69, 9.17) is 0 Å². The number of allylic oxidation sites excluding steroid dienone is 6. The molecule has 0 heteroatoms. The molecule has 0 N–H and O–H groups in total. The molecule has 0 nitrogen and oxygen atoms in total. The molecule has 0 fully saturated rings. The minimum absolute atomic E-state index is 0.440. The number of aryl methyl sites for hydroxylation is 2. The van der Waals surface area contributed by atoms with E-state index >= 15 is 0 Å². The van der Waals surface area contributed by atoms with Crippen molar-refractivity contribution in [2.24, 2.45) is 5.92 Å². The molecule has 1 unspecified atom stereocenters. The minimum Gasteiger partial charge on any atom is -0.0799 e. The van der Waals surface area contributed by atoms with Gasteiger partial charge >= 0.3 is 0 Å². The average Bonchev–Trinajstić information content (AvgIpc) is 2.60. The van der Waals surface area contributed by atoms with Gasteiger partial charge in [-0.2, -0.15) is 0 Å². The van der Waals surface area contributed by atoms with E-state index < -0.39 is 0 Å². The molecule has 0 saturated carbocycles. The molecular formula is C23H25. The fourth-order valence-corrected chi connectivity index (χ4v) is 2.35. The molecule has 2 aromatic rings. The number of hydrogen-bond donors (Lipinski definition) is 0. The highest BCUT2D eigenvalue weighted by atomic mass is 14.1. The van der Waals surface area contributed by atoms with Crippen LogP contribution in [-0.4, -0.2) is 0 Å². The Kier molecular flexibility index (Phi) is 6.62. The molecule has 117 valence electrons. The lowest BCUT2D eigenvalue weighted by Crippen LogP contribution is -1.94. The Morgan fingerprint density at radius 1 is 0.783 bits per heavy atom. The average molecular weight is 301 g/mol. The van der Waals surface area contributed by atoms with Crippen LogP contribution in [0.2, 0.25) is 0 Å². The van der Waals surface area contributed by atoms with Gasteiger partial charge in [-0.1, -0.05) is 96.1 Å². The van der Waals surface area contributed by atoms with Crippen molar-refractivity contribution >= 4 is 5.57 Å². The summed E-state index contributed by atoms with van der Waals surface area (Å²) in [4.78, 5) is 0. The lowest BCUT2D eigenvalue weighted by molar-refractivity contribution is 0.989. The highest BCUT2D eigenvalue weighted by molar-refractivity contribution is 5.64. The summed E-state index contributed by atoms with van der Waals surface area (Å²) in [5, 5.41) is 0. The minimum atomic E-state index is 0.440. The monoisotopic (exact) mass is 301 g/mol. The van der Waals surface area contributed by atoms with Crippen LogP contribution in [0, 0.1) is 26.2 Å². The normalized spacial score (nSPS) is 16.7. The number of rotatable bonds is 2. The van der Waals surface area contributed by atoms with Gasteiger partial charge < -0.3 is 0 Å². The highest BCUT2D eigenvalue weighted by Gasteiger charge is 2.03. The first-order chi connectivity index (χ1) is 11.1. The Morgan fingerprint density at radius 3 is 1.91 bits per heavy atom. The molecule has 1 radical (unpaired) electrons. The second-order valence-electron chi connectivity index (χ2n) is 5.91. The highest BCUT2D eigenvalue weighted by Crippen LogP contribution is 2.19. The van der Waals surface area contributed by atoms with Crippen molar-refractivity contribution in [2.75, 3.05) is 0 Å². The van der Waals surface area contributed by atoms with E-state index in [-0.39, 0.29) is 0 Å². The smallest absolute Gasteiger partial charge is 0.00245 e. The molecule has 0 aliphatic heterocycles. The van der Waals surface area contributed by atoms with Gasteiger partial charge in [0.2, 0.25) is 0 Å². The third-order valence-corrected chi connectivity index (χ3v) is 3.78. The molecule has 23 heavy (non-hydrogen) atoms. The molecule has 0 bridgehead atoms. The SMILES string of the molecule is C/C(=C/C1[CH]C=CC=C1)c1ccccc1.Cc1ccc(C)cc1. The summed E-state index contributed by atoms with van der Waals surface area (Å²) < 4.78 is 0. The van der Waals surface area contributed by atoms with Crippen molar-refractivity contribution in [3.05, 3.63) is 108 Å². The summed E-state index contributed by atoms with van der Waals surface area (Å²) in [6.45, 7) is 6.36. The predicted octanol–water partition coefficient (Wildman–Crippen LogP) is 6.34. The predicted molar refractivity (Wildman–Crippen MR) is 102 cm³/mol. The van der Waals surface area contributed by atoms with Crippen LogP contribution in [0.15, 0.2) is 85.0 Å². The van der Waals surface area contributed by atoms with E-state index in [0.717, 1.165) is 0 Å². The molecule has 1 atom stereocenters. The first kappa shape index (κ1) is 17.0. The standard InChI is InChI=1S/C15H15.C8H10/c1-13(15-10-6-3-7-11-15)12-14-8-4-2-5-9-14;1-7-3-5-8(2)6-4-7/h2-12,14H,1H3;3-6H,1-2H3/b13-12-;. The molecule has 0 spiro atoms. The number of hydrogen-bond acceptors (Lipinski definition) is 0. The Labute approximate surface area is 140 Å². The zero-order valence-electron chi connectivity index (χ0n) is 14.2. The van der Waals surface area contributed by atoms with Crippen LogP contribution in [0.5, 0.6) is 0 Å². The van der Waals surface area contributed by atoms with Gasteiger partial charge in [-0.05, 0) is 38.3 Å². The van der Waals surface area contributed by atoms with Crippen molar-refractivity contribution in [1.29, 1.82) is 0 Å². The van der Waals surface area contributed by atoms with Crippen molar-refractivity contribution in [1.82, 2.24) is 0 Å². The lowest BCUT2D eigenvalue weighted by Gasteiger charge is -2.09. The zero-order chi connectivity index (χ0) is 16.5. The first-order valence-electron chi connectivity index (χ1n) is 8.10. The van der Waals surface area contributed by atoms with E-state index in [2.05, 4.69) is 106 Å². The van der Waals surface area contributed by atoms with Gasteiger partial charge in [0.1, 0.15) is 0 Å².